The lowest BCUT2D eigenvalue weighted by Gasteiger charge is -2.33. The summed E-state index contributed by atoms with van der Waals surface area (Å²) in [4.78, 5) is 22.7. The zero-order valence-electron chi connectivity index (χ0n) is 14.7. The fourth-order valence-electron chi connectivity index (χ4n) is 3.39. The lowest BCUT2D eigenvalue weighted by atomic mass is 10.1. The molecule has 4 heterocycles. The number of hydrogen-bond donors (Lipinski definition) is 1. The number of nitrogens with one attached hydrogen (secondary N) is 1. The molecule has 8 nitrogen and oxygen atoms in total. The van der Waals surface area contributed by atoms with Crippen LogP contribution >= 0.6 is 0 Å². The van der Waals surface area contributed by atoms with Crippen LogP contribution in [0.3, 0.4) is 0 Å². The van der Waals surface area contributed by atoms with Crippen LogP contribution < -0.4 is 5.32 Å². The highest BCUT2D eigenvalue weighted by molar-refractivity contribution is 5.78. The van der Waals surface area contributed by atoms with E-state index in [9.17, 15) is 4.79 Å². The van der Waals surface area contributed by atoms with E-state index in [1.54, 1.807) is 21.8 Å². The molecule has 3 aromatic heterocycles. The number of hydrogen-bond acceptors (Lipinski definition) is 6. The van der Waals surface area contributed by atoms with Gasteiger partial charge in [-0.25, -0.2) is 14.5 Å². The van der Waals surface area contributed by atoms with Crippen molar-refractivity contribution in [2.24, 2.45) is 0 Å². The summed E-state index contributed by atoms with van der Waals surface area (Å²) < 4.78 is 1.79. The van der Waals surface area contributed by atoms with Crippen LogP contribution in [0.15, 0.2) is 42.9 Å². The zero-order valence-corrected chi connectivity index (χ0v) is 14.7. The fraction of sp³-hybridized carbons (Fsp3) is 0.316. The zero-order chi connectivity index (χ0) is 18.6. The van der Waals surface area contributed by atoms with Gasteiger partial charge in [0.25, 0.3) is 0 Å². The lowest BCUT2D eigenvalue weighted by molar-refractivity contribution is -0.131. The first-order chi connectivity index (χ1) is 13.2. The molecule has 1 aliphatic heterocycles. The van der Waals surface area contributed by atoms with Gasteiger partial charge in [0, 0.05) is 31.5 Å². The Morgan fingerprint density at radius 3 is 3.19 bits per heavy atom. The molecule has 1 amide bonds. The SMILES string of the molecule is N#CCC(=O)N1CCCC(Nc2ccnc(-c3cnn4ccccc34)n2)C1. The van der Waals surface area contributed by atoms with Crippen LogP contribution in [0.2, 0.25) is 0 Å². The smallest absolute Gasteiger partial charge is 0.236 e. The van der Waals surface area contributed by atoms with Gasteiger partial charge in [-0.05, 0) is 31.0 Å². The second-order valence-corrected chi connectivity index (χ2v) is 6.51. The summed E-state index contributed by atoms with van der Waals surface area (Å²) in [5.41, 5.74) is 1.81. The number of likely N-dealkylation sites (tertiary alicyclic amines) is 1. The average Bonchev–Trinajstić information content (AvgIpc) is 3.13. The number of pyridine rings is 1. The molecule has 1 atom stereocenters. The van der Waals surface area contributed by atoms with Crippen LogP contribution in [0.5, 0.6) is 0 Å². The number of aromatic nitrogens is 4. The Labute approximate surface area is 156 Å². The van der Waals surface area contributed by atoms with Crippen molar-refractivity contribution in [2.75, 3.05) is 18.4 Å². The number of rotatable bonds is 4. The average molecular weight is 361 g/mol. The molecule has 3 aromatic rings. The van der Waals surface area contributed by atoms with Gasteiger partial charge in [-0.1, -0.05) is 6.07 Å². The number of carbonyl (C=O) groups is 1. The molecule has 0 aliphatic carbocycles. The second-order valence-electron chi connectivity index (χ2n) is 6.51. The highest BCUT2D eigenvalue weighted by Gasteiger charge is 2.23. The van der Waals surface area contributed by atoms with E-state index < -0.39 is 0 Å². The van der Waals surface area contributed by atoms with Crippen molar-refractivity contribution in [1.82, 2.24) is 24.5 Å². The van der Waals surface area contributed by atoms with E-state index in [0.717, 1.165) is 29.7 Å². The Morgan fingerprint density at radius 2 is 2.30 bits per heavy atom. The third-order valence-corrected chi connectivity index (χ3v) is 4.68. The molecule has 1 unspecified atom stereocenters. The molecule has 4 rings (SSSR count). The minimum absolute atomic E-state index is 0.0703. The van der Waals surface area contributed by atoms with Gasteiger partial charge in [0.1, 0.15) is 12.2 Å². The first-order valence-electron chi connectivity index (χ1n) is 8.91. The summed E-state index contributed by atoms with van der Waals surface area (Å²) in [7, 11) is 0. The van der Waals surface area contributed by atoms with E-state index >= 15 is 0 Å². The van der Waals surface area contributed by atoms with E-state index in [0.29, 0.717) is 18.9 Å². The summed E-state index contributed by atoms with van der Waals surface area (Å²) in [5.74, 6) is 1.21. The minimum atomic E-state index is -0.112. The topological polar surface area (TPSA) is 99.2 Å². The molecule has 0 bridgehead atoms. The molecule has 0 spiro atoms. The van der Waals surface area contributed by atoms with E-state index in [2.05, 4.69) is 20.4 Å². The van der Waals surface area contributed by atoms with Gasteiger partial charge in [0.15, 0.2) is 5.82 Å². The van der Waals surface area contributed by atoms with Gasteiger partial charge < -0.3 is 10.2 Å². The highest BCUT2D eigenvalue weighted by atomic mass is 16.2. The maximum Gasteiger partial charge on any atom is 0.236 e. The molecular formula is C19H19N7O. The number of piperidine rings is 1. The van der Waals surface area contributed by atoms with Crippen molar-refractivity contribution in [2.45, 2.75) is 25.3 Å². The Balaban J connectivity index is 1.51. The van der Waals surface area contributed by atoms with Gasteiger partial charge in [-0.3, -0.25) is 4.79 Å². The van der Waals surface area contributed by atoms with Crippen LogP contribution in [0.1, 0.15) is 19.3 Å². The largest absolute Gasteiger partial charge is 0.365 e. The lowest BCUT2D eigenvalue weighted by Crippen LogP contribution is -2.45. The quantitative estimate of drug-likeness (QED) is 0.764. The number of anilines is 1. The summed E-state index contributed by atoms with van der Waals surface area (Å²) in [6.45, 7) is 1.28. The van der Waals surface area contributed by atoms with Crippen molar-refractivity contribution >= 4 is 17.2 Å². The van der Waals surface area contributed by atoms with Crippen molar-refractivity contribution < 1.29 is 4.79 Å². The molecule has 27 heavy (non-hydrogen) atoms. The summed E-state index contributed by atoms with van der Waals surface area (Å²) >= 11 is 0. The fourth-order valence-corrected chi connectivity index (χ4v) is 3.39. The number of nitriles is 1. The maximum atomic E-state index is 12.0. The van der Waals surface area contributed by atoms with Gasteiger partial charge in [-0.15, -0.1) is 0 Å². The van der Waals surface area contributed by atoms with Crippen LogP contribution in [0.25, 0.3) is 16.9 Å². The van der Waals surface area contributed by atoms with Crippen molar-refractivity contribution in [1.29, 1.82) is 5.26 Å². The molecule has 0 radical (unpaired) electrons. The molecule has 1 saturated heterocycles. The minimum Gasteiger partial charge on any atom is -0.365 e. The predicted molar refractivity (Wildman–Crippen MR) is 99.7 cm³/mol. The van der Waals surface area contributed by atoms with Crippen molar-refractivity contribution in [3.63, 3.8) is 0 Å². The first-order valence-corrected chi connectivity index (χ1v) is 8.91. The Bertz CT molecular complexity index is 1010. The molecule has 1 aliphatic rings. The number of carbonyl (C=O) groups excluding carboxylic acids is 1. The van der Waals surface area contributed by atoms with E-state index in [1.807, 2.05) is 36.5 Å². The predicted octanol–water partition coefficient (Wildman–Crippen LogP) is 2.11. The monoisotopic (exact) mass is 361 g/mol. The molecule has 8 heteroatoms. The summed E-state index contributed by atoms with van der Waals surface area (Å²) in [5, 5.41) is 16.5. The van der Waals surface area contributed by atoms with Gasteiger partial charge in [0.05, 0.1) is 23.3 Å². The number of nitrogens with zero attached hydrogens (tertiary/aromatic N) is 6. The summed E-state index contributed by atoms with van der Waals surface area (Å²) in [6, 6.07) is 9.71. The first kappa shape index (κ1) is 17.0. The van der Waals surface area contributed by atoms with Gasteiger partial charge in [0.2, 0.25) is 5.91 Å². The highest BCUT2D eigenvalue weighted by Crippen LogP contribution is 2.22. The second kappa shape index (κ2) is 7.41. The Kier molecular flexibility index (Phi) is 4.66. The maximum absolute atomic E-state index is 12.0. The number of amides is 1. The molecule has 136 valence electrons. The van der Waals surface area contributed by atoms with E-state index in [1.165, 1.54) is 0 Å². The molecule has 0 saturated carbocycles. The third-order valence-electron chi connectivity index (χ3n) is 4.68. The molecular weight excluding hydrogens is 342 g/mol. The van der Waals surface area contributed by atoms with Crippen LogP contribution in [-0.4, -0.2) is 49.5 Å². The Hall–Kier alpha value is -3.47. The van der Waals surface area contributed by atoms with Crippen molar-refractivity contribution in [3.05, 3.63) is 42.9 Å². The van der Waals surface area contributed by atoms with Crippen LogP contribution in [-0.2, 0) is 4.79 Å². The van der Waals surface area contributed by atoms with Crippen molar-refractivity contribution in [3.8, 4) is 17.5 Å². The van der Waals surface area contributed by atoms with Crippen LogP contribution in [0, 0.1) is 11.3 Å². The van der Waals surface area contributed by atoms with E-state index in [4.69, 9.17) is 5.26 Å². The summed E-state index contributed by atoms with van der Waals surface area (Å²) in [6.07, 6.45) is 7.15. The normalized spacial score (nSPS) is 16.9. The van der Waals surface area contributed by atoms with Crippen LogP contribution in [0.4, 0.5) is 5.82 Å². The van der Waals surface area contributed by atoms with E-state index in [-0.39, 0.29) is 18.4 Å². The van der Waals surface area contributed by atoms with Gasteiger partial charge in [-0.2, -0.15) is 10.4 Å². The third kappa shape index (κ3) is 3.58. The number of fused-ring (bicyclic) bond motifs is 1. The standard InChI is InChI=1S/C19H19N7O/c20-8-6-18(27)25-10-3-4-14(13-25)23-17-7-9-21-19(24-17)15-12-22-26-11-2-1-5-16(15)26/h1-2,5,7,9,11-12,14H,3-4,6,10,13H2,(H,21,23,24). The molecule has 1 N–H and O–H groups in total. The van der Waals surface area contributed by atoms with Gasteiger partial charge >= 0.3 is 0 Å². The molecule has 0 aromatic carbocycles. The Morgan fingerprint density at radius 1 is 1.37 bits per heavy atom. The molecule has 1 fully saturated rings.